The predicted molar refractivity (Wildman–Crippen MR) is 128 cm³/mol. The highest BCUT2D eigenvalue weighted by atomic mass is 32.1. The van der Waals surface area contributed by atoms with Crippen LogP contribution < -0.4 is 16.2 Å². The SMILES string of the molecule is Cc1occc1-c1nc(N)c(OC[C@@H](N)Cc2ccsc2)cc1-c1cnc2n[nH]c(C)c2n1. The van der Waals surface area contributed by atoms with E-state index in [1.807, 2.05) is 31.4 Å². The number of nitrogens with one attached hydrogen (secondary N) is 1. The van der Waals surface area contributed by atoms with Gasteiger partial charge in [-0.05, 0) is 54.8 Å². The van der Waals surface area contributed by atoms with Gasteiger partial charge in [0.05, 0.1) is 29.5 Å². The Morgan fingerprint density at radius 1 is 1.21 bits per heavy atom. The van der Waals surface area contributed by atoms with Crippen LogP contribution in [0.2, 0.25) is 0 Å². The van der Waals surface area contributed by atoms with Crippen molar-refractivity contribution in [3.05, 3.63) is 58.4 Å². The minimum Gasteiger partial charge on any atom is -0.488 e. The lowest BCUT2D eigenvalue weighted by molar-refractivity contribution is 0.288. The molecule has 0 fully saturated rings. The number of ether oxygens (including phenoxy) is 1. The van der Waals surface area contributed by atoms with E-state index >= 15 is 0 Å². The standard InChI is InChI=1S/C23H23N7O2S/c1-12-20-23(30-29-12)26-9-18(27-20)17-8-19(32-10-15(24)7-14-4-6-33-11-14)22(25)28-21(17)16-3-5-31-13(16)2/h3-6,8-9,11,15H,7,10,24H2,1-2H3,(H2,25,28)(H,26,29,30)/t15-/m0/s1. The summed E-state index contributed by atoms with van der Waals surface area (Å²) in [5.74, 6) is 1.44. The highest BCUT2D eigenvalue weighted by Crippen LogP contribution is 2.37. The van der Waals surface area contributed by atoms with Gasteiger partial charge >= 0.3 is 0 Å². The number of aryl methyl sites for hydroxylation is 2. The van der Waals surface area contributed by atoms with Gasteiger partial charge in [-0.15, -0.1) is 0 Å². The summed E-state index contributed by atoms with van der Waals surface area (Å²) in [6.07, 6.45) is 4.01. The Morgan fingerprint density at radius 3 is 2.85 bits per heavy atom. The Kier molecular flexibility index (Phi) is 5.53. The van der Waals surface area contributed by atoms with Crippen molar-refractivity contribution in [2.45, 2.75) is 26.3 Å². The van der Waals surface area contributed by atoms with Crippen LogP contribution in [0.1, 0.15) is 17.0 Å². The van der Waals surface area contributed by atoms with Crippen LogP contribution in [0.4, 0.5) is 5.82 Å². The molecule has 0 aromatic carbocycles. The number of nitrogens with two attached hydrogens (primary N) is 2. The first-order valence-corrected chi connectivity index (χ1v) is 11.4. The second kappa shape index (κ2) is 8.64. The molecule has 0 spiro atoms. The molecule has 0 aliphatic rings. The number of furan rings is 1. The summed E-state index contributed by atoms with van der Waals surface area (Å²) in [5, 5.41) is 11.2. The summed E-state index contributed by atoms with van der Waals surface area (Å²) in [5.41, 5.74) is 18.7. The predicted octanol–water partition coefficient (Wildman–Crippen LogP) is 3.88. The Morgan fingerprint density at radius 2 is 2.09 bits per heavy atom. The van der Waals surface area contributed by atoms with Crippen LogP contribution in [0, 0.1) is 13.8 Å². The van der Waals surface area contributed by atoms with E-state index in [4.69, 9.17) is 25.6 Å². The number of hydrogen-bond donors (Lipinski definition) is 3. The molecule has 33 heavy (non-hydrogen) atoms. The van der Waals surface area contributed by atoms with Crippen molar-refractivity contribution in [1.29, 1.82) is 0 Å². The fourth-order valence-corrected chi connectivity index (χ4v) is 4.34. The van der Waals surface area contributed by atoms with Gasteiger partial charge in [0, 0.05) is 17.2 Å². The molecule has 168 valence electrons. The smallest absolute Gasteiger partial charge is 0.199 e. The number of anilines is 1. The Balaban J connectivity index is 1.53. The Labute approximate surface area is 193 Å². The van der Waals surface area contributed by atoms with Crippen molar-refractivity contribution in [3.8, 4) is 28.3 Å². The highest BCUT2D eigenvalue weighted by molar-refractivity contribution is 7.07. The van der Waals surface area contributed by atoms with Gasteiger partial charge in [0.1, 0.15) is 17.9 Å². The molecular formula is C23H23N7O2S. The molecule has 0 radical (unpaired) electrons. The molecule has 0 bridgehead atoms. The topological polar surface area (TPSA) is 142 Å². The molecule has 0 amide bonds. The van der Waals surface area contributed by atoms with Gasteiger partial charge in [-0.2, -0.15) is 16.4 Å². The first-order chi connectivity index (χ1) is 16.0. The van der Waals surface area contributed by atoms with Gasteiger partial charge in [-0.25, -0.2) is 15.0 Å². The van der Waals surface area contributed by atoms with E-state index in [-0.39, 0.29) is 11.9 Å². The average molecular weight is 462 g/mol. The van der Waals surface area contributed by atoms with Gasteiger partial charge in [0.25, 0.3) is 0 Å². The van der Waals surface area contributed by atoms with Gasteiger partial charge in [0.2, 0.25) is 0 Å². The number of nitrogen functional groups attached to an aromatic ring is 1. The van der Waals surface area contributed by atoms with Crippen molar-refractivity contribution in [1.82, 2.24) is 25.1 Å². The Bertz CT molecular complexity index is 1410. The quantitative estimate of drug-likeness (QED) is 0.331. The maximum Gasteiger partial charge on any atom is 0.199 e. The molecule has 5 rings (SSSR count). The monoisotopic (exact) mass is 461 g/mol. The third kappa shape index (κ3) is 4.18. The number of pyridine rings is 1. The zero-order valence-corrected chi connectivity index (χ0v) is 19.0. The van der Waals surface area contributed by atoms with Crippen LogP contribution in [0.3, 0.4) is 0 Å². The maximum absolute atomic E-state index is 6.29. The average Bonchev–Trinajstić information content (AvgIpc) is 3.55. The number of nitrogens with zero attached hydrogens (tertiary/aromatic N) is 4. The largest absolute Gasteiger partial charge is 0.488 e. The number of rotatable bonds is 7. The number of hydrogen-bond acceptors (Lipinski definition) is 9. The first-order valence-electron chi connectivity index (χ1n) is 10.4. The van der Waals surface area contributed by atoms with Gasteiger partial charge in [0.15, 0.2) is 17.2 Å². The molecule has 0 unspecified atom stereocenters. The van der Waals surface area contributed by atoms with Crippen LogP contribution in [0.5, 0.6) is 5.75 Å². The molecular weight excluding hydrogens is 438 g/mol. The minimum atomic E-state index is -0.178. The van der Waals surface area contributed by atoms with Crippen LogP contribution >= 0.6 is 11.3 Å². The summed E-state index contributed by atoms with van der Waals surface area (Å²) < 4.78 is 11.5. The van der Waals surface area contributed by atoms with Gasteiger partial charge in [-0.1, -0.05) is 0 Å². The second-order valence-electron chi connectivity index (χ2n) is 7.84. The van der Waals surface area contributed by atoms with Crippen molar-refractivity contribution in [2.75, 3.05) is 12.3 Å². The minimum absolute atomic E-state index is 0.178. The van der Waals surface area contributed by atoms with E-state index in [1.165, 1.54) is 5.56 Å². The van der Waals surface area contributed by atoms with Crippen molar-refractivity contribution >= 4 is 28.3 Å². The number of aromatic amines is 1. The molecule has 5 heterocycles. The highest BCUT2D eigenvalue weighted by Gasteiger charge is 2.20. The summed E-state index contributed by atoms with van der Waals surface area (Å²) in [6, 6.07) is 5.58. The molecule has 0 saturated carbocycles. The molecule has 9 nitrogen and oxygen atoms in total. The fourth-order valence-electron chi connectivity index (χ4n) is 3.66. The molecule has 0 aliphatic carbocycles. The molecule has 1 atom stereocenters. The fraction of sp³-hybridized carbons (Fsp3) is 0.217. The number of thiophene rings is 1. The van der Waals surface area contributed by atoms with Crippen molar-refractivity contribution in [2.24, 2.45) is 5.73 Å². The molecule has 5 aromatic rings. The summed E-state index contributed by atoms with van der Waals surface area (Å²) in [4.78, 5) is 13.9. The molecule has 0 saturated heterocycles. The van der Waals surface area contributed by atoms with Crippen LogP contribution in [-0.2, 0) is 6.42 Å². The van der Waals surface area contributed by atoms with Crippen LogP contribution in [0.25, 0.3) is 33.7 Å². The summed E-state index contributed by atoms with van der Waals surface area (Å²) in [6.45, 7) is 4.08. The molecule has 5 aromatic heterocycles. The zero-order chi connectivity index (χ0) is 22.9. The van der Waals surface area contributed by atoms with E-state index in [1.54, 1.807) is 23.8 Å². The lowest BCUT2D eigenvalue weighted by Crippen LogP contribution is -2.30. The zero-order valence-electron chi connectivity index (χ0n) is 18.2. The van der Waals surface area contributed by atoms with E-state index in [2.05, 4.69) is 31.6 Å². The van der Waals surface area contributed by atoms with E-state index in [9.17, 15) is 0 Å². The summed E-state index contributed by atoms with van der Waals surface area (Å²) in [7, 11) is 0. The third-order valence-corrected chi connectivity index (χ3v) is 6.11. The summed E-state index contributed by atoms with van der Waals surface area (Å²) >= 11 is 1.65. The van der Waals surface area contributed by atoms with E-state index < -0.39 is 0 Å². The third-order valence-electron chi connectivity index (χ3n) is 5.37. The molecule has 10 heteroatoms. The lowest BCUT2D eigenvalue weighted by atomic mass is 10.0. The van der Waals surface area contributed by atoms with Crippen LogP contribution in [0.15, 0.2) is 45.8 Å². The maximum atomic E-state index is 6.29. The lowest BCUT2D eigenvalue weighted by Gasteiger charge is -2.16. The van der Waals surface area contributed by atoms with Gasteiger partial charge < -0.3 is 20.6 Å². The second-order valence-corrected chi connectivity index (χ2v) is 8.62. The molecule has 0 aliphatic heterocycles. The molecule has 5 N–H and O–H groups in total. The van der Waals surface area contributed by atoms with Crippen LogP contribution in [-0.4, -0.2) is 37.8 Å². The van der Waals surface area contributed by atoms with Crippen molar-refractivity contribution < 1.29 is 9.15 Å². The van der Waals surface area contributed by atoms with E-state index in [0.29, 0.717) is 34.9 Å². The number of aromatic nitrogens is 5. The Hall–Kier alpha value is -3.76. The first kappa shape index (κ1) is 21.1. The number of H-pyrrole nitrogens is 1. The normalized spacial score (nSPS) is 12.3. The van der Waals surface area contributed by atoms with E-state index in [0.717, 1.165) is 29.0 Å². The number of fused-ring (bicyclic) bond motifs is 1. The van der Waals surface area contributed by atoms with Crippen molar-refractivity contribution in [3.63, 3.8) is 0 Å². The van der Waals surface area contributed by atoms with Gasteiger partial charge in [-0.3, -0.25) is 5.10 Å².